The molecule has 3 heterocycles. The van der Waals surface area contributed by atoms with Crippen LogP contribution in [0.15, 0.2) is 36.5 Å². The number of carbonyl (C=O) groups is 3. The standard InChI is InChI=1S/C19H18N4O3S2/c1-12-5-9-16(27-12)15(25)8-6-13(24)7-10-17(26)21-19-23-22-18(28-19)14-4-2-3-11-20-14/h2-5,9,11H,6-8,10H2,1H3,(H,21,23,26). The molecule has 144 valence electrons. The van der Waals surface area contributed by atoms with Crippen molar-refractivity contribution in [3.05, 3.63) is 46.3 Å². The molecule has 1 N–H and O–H groups in total. The van der Waals surface area contributed by atoms with Crippen LogP contribution in [0.2, 0.25) is 0 Å². The molecule has 9 heteroatoms. The Balaban J connectivity index is 1.41. The third kappa shape index (κ3) is 5.61. The fraction of sp³-hybridized carbons (Fsp3) is 0.263. The van der Waals surface area contributed by atoms with Gasteiger partial charge < -0.3 is 5.32 Å². The Morgan fingerprint density at radius 2 is 1.79 bits per heavy atom. The van der Waals surface area contributed by atoms with Crippen LogP contribution < -0.4 is 5.32 Å². The number of hydrogen-bond acceptors (Lipinski definition) is 8. The zero-order chi connectivity index (χ0) is 19.9. The number of nitrogens with one attached hydrogen (secondary N) is 1. The monoisotopic (exact) mass is 414 g/mol. The highest BCUT2D eigenvalue weighted by atomic mass is 32.1. The summed E-state index contributed by atoms with van der Waals surface area (Å²) in [5.74, 6) is -0.452. The lowest BCUT2D eigenvalue weighted by molar-refractivity contribution is -0.122. The van der Waals surface area contributed by atoms with Gasteiger partial charge in [-0.15, -0.1) is 21.5 Å². The molecule has 0 atom stereocenters. The predicted molar refractivity (Wildman–Crippen MR) is 109 cm³/mol. The molecule has 3 aromatic rings. The van der Waals surface area contributed by atoms with E-state index in [2.05, 4.69) is 20.5 Å². The SMILES string of the molecule is Cc1ccc(C(=O)CCC(=O)CCC(=O)Nc2nnc(-c3ccccn3)s2)s1. The summed E-state index contributed by atoms with van der Waals surface area (Å²) in [5, 5.41) is 11.5. The molecule has 0 saturated heterocycles. The van der Waals surface area contributed by atoms with E-state index in [4.69, 9.17) is 0 Å². The Labute approximate surface area is 169 Å². The van der Waals surface area contributed by atoms with Gasteiger partial charge in [-0.2, -0.15) is 0 Å². The topological polar surface area (TPSA) is 102 Å². The van der Waals surface area contributed by atoms with Crippen molar-refractivity contribution in [1.82, 2.24) is 15.2 Å². The molecule has 0 saturated carbocycles. The van der Waals surface area contributed by atoms with Crippen LogP contribution in [0.1, 0.15) is 40.2 Å². The van der Waals surface area contributed by atoms with Crippen molar-refractivity contribution in [2.75, 3.05) is 5.32 Å². The maximum absolute atomic E-state index is 12.0. The third-order valence-corrected chi connectivity index (χ3v) is 5.74. The van der Waals surface area contributed by atoms with Crippen molar-refractivity contribution in [2.24, 2.45) is 0 Å². The second kappa shape index (κ2) is 9.43. The van der Waals surface area contributed by atoms with E-state index in [1.807, 2.05) is 25.1 Å². The van der Waals surface area contributed by atoms with Crippen LogP contribution in [-0.2, 0) is 9.59 Å². The quantitative estimate of drug-likeness (QED) is 0.533. The summed E-state index contributed by atoms with van der Waals surface area (Å²) in [6.07, 6.45) is 2.11. The highest BCUT2D eigenvalue weighted by molar-refractivity contribution is 7.18. The molecule has 28 heavy (non-hydrogen) atoms. The summed E-state index contributed by atoms with van der Waals surface area (Å²) < 4.78 is 0. The van der Waals surface area contributed by atoms with E-state index in [-0.39, 0.29) is 43.2 Å². The Morgan fingerprint density at radius 1 is 0.964 bits per heavy atom. The van der Waals surface area contributed by atoms with Gasteiger partial charge in [0.15, 0.2) is 10.8 Å². The Morgan fingerprint density at radius 3 is 2.50 bits per heavy atom. The third-order valence-electron chi connectivity index (χ3n) is 3.83. The number of anilines is 1. The van der Waals surface area contributed by atoms with Crippen molar-refractivity contribution in [1.29, 1.82) is 0 Å². The largest absolute Gasteiger partial charge is 0.301 e. The Bertz CT molecular complexity index is 982. The summed E-state index contributed by atoms with van der Waals surface area (Å²) in [6, 6.07) is 9.12. The molecule has 0 aliphatic rings. The first-order valence-corrected chi connectivity index (χ1v) is 10.3. The Kier molecular flexibility index (Phi) is 6.72. The number of ketones is 2. The van der Waals surface area contributed by atoms with E-state index in [9.17, 15) is 14.4 Å². The first kappa shape index (κ1) is 20.0. The number of Topliss-reactive ketones (excluding diaryl/α,β-unsaturated/α-hetero) is 2. The molecule has 1 amide bonds. The second-order valence-corrected chi connectivity index (χ2v) is 8.31. The molecule has 0 spiro atoms. The smallest absolute Gasteiger partial charge is 0.226 e. The molecule has 0 fully saturated rings. The maximum atomic E-state index is 12.0. The second-order valence-electron chi connectivity index (χ2n) is 6.05. The average Bonchev–Trinajstić information content (AvgIpc) is 3.34. The van der Waals surface area contributed by atoms with Crippen molar-refractivity contribution in [3.63, 3.8) is 0 Å². The van der Waals surface area contributed by atoms with Crippen LogP contribution in [0, 0.1) is 6.92 Å². The molecule has 0 bridgehead atoms. The lowest BCUT2D eigenvalue weighted by atomic mass is 10.1. The van der Waals surface area contributed by atoms with Gasteiger partial charge in [-0.25, -0.2) is 0 Å². The predicted octanol–water partition coefficient (Wildman–Crippen LogP) is 3.92. The minimum absolute atomic E-state index is 0.0354. The van der Waals surface area contributed by atoms with E-state index >= 15 is 0 Å². The van der Waals surface area contributed by atoms with Crippen LogP contribution in [0.25, 0.3) is 10.7 Å². The number of aromatic nitrogens is 3. The molecule has 0 aliphatic carbocycles. The lowest BCUT2D eigenvalue weighted by Gasteiger charge is -2.01. The van der Waals surface area contributed by atoms with Gasteiger partial charge >= 0.3 is 0 Å². The van der Waals surface area contributed by atoms with E-state index in [1.54, 1.807) is 18.3 Å². The van der Waals surface area contributed by atoms with Gasteiger partial charge in [0.1, 0.15) is 11.5 Å². The van der Waals surface area contributed by atoms with Crippen LogP contribution in [0.4, 0.5) is 5.13 Å². The Hall–Kier alpha value is -2.78. The average molecular weight is 415 g/mol. The molecular formula is C19H18N4O3S2. The number of amides is 1. The normalized spacial score (nSPS) is 10.6. The van der Waals surface area contributed by atoms with E-state index in [1.165, 1.54) is 22.7 Å². The number of pyridine rings is 1. The molecule has 7 nitrogen and oxygen atoms in total. The van der Waals surface area contributed by atoms with Crippen molar-refractivity contribution >= 4 is 45.3 Å². The summed E-state index contributed by atoms with van der Waals surface area (Å²) in [4.78, 5) is 41.9. The maximum Gasteiger partial charge on any atom is 0.226 e. The summed E-state index contributed by atoms with van der Waals surface area (Å²) in [6.45, 7) is 1.93. The minimum atomic E-state index is -0.308. The van der Waals surface area contributed by atoms with Gasteiger partial charge in [-0.1, -0.05) is 17.4 Å². The molecule has 0 unspecified atom stereocenters. The number of thiophene rings is 1. The number of nitrogens with zero attached hydrogens (tertiary/aromatic N) is 3. The van der Waals surface area contributed by atoms with Crippen LogP contribution in [-0.4, -0.2) is 32.7 Å². The van der Waals surface area contributed by atoms with Crippen LogP contribution in [0.5, 0.6) is 0 Å². The van der Waals surface area contributed by atoms with E-state index < -0.39 is 0 Å². The van der Waals surface area contributed by atoms with Crippen molar-refractivity contribution in [2.45, 2.75) is 32.6 Å². The molecular weight excluding hydrogens is 396 g/mol. The number of hydrogen-bond donors (Lipinski definition) is 1. The highest BCUT2D eigenvalue weighted by Gasteiger charge is 2.14. The van der Waals surface area contributed by atoms with Gasteiger partial charge in [0.2, 0.25) is 11.0 Å². The van der Waals surface area contributed by atoms with Crippen LogP contribution in [0.3, 0.4) is 0 Å². The number of carbonyl (C=O) groups excluding carboxylic acids is 3. The fourth-order valence-electron chi connectivity index (χ4n) is 2.39. The zero-order valence-electron chi connectivity index (χ0n) is 15.2. The van der Waals surface area contributed by atoms with Gasteiger partial charge in [0, 0.05) is 36.8 Å². The summed E-state index contributed by atoms with van der Waals surface area (Å²) in [7, 11) is 0. The minimum Gasteiger partial charge on any atom is -0.301 e. The molecule has 3 rings (SSSR count). The highest BCUT2D eigenvalue weighted by Crippen LogP contribution is 2.24. The van der Waals surface area contributed by atoms with E-state index in [0.29, 0.717) is 20.7 Å². The lowest BCUT2D eigenvalue weighted by Crippen LogP contribution is -2.13. The first-order chi connectivity index (χ1) is 13.5. The van der Waals surface area contributed by atoms with Crippen LogP contribution >= 0.6 is 22.7 Å². The number of rotatable bonds is 9. The van der Waals surface area contributed by atoms with E-state index in [0.717, 1.165) is 4.88 Å². The molecule has 0 aromatic carbocycles. The first-order valence-electron chi connectivity index (χ1n) is 8.67. The fourth-order valence-corrected chi connectivity index (χ4v) is 3.96. The zero-order valence-corrected chi connectivity index (χ0v) is 16.8. The molecule has 3 aromatic heterocycles. The molecule has 0 radical (unpaired) electrons. The van der Waals surface area contributed by atoms with Crippen molar-refractivity contribution < 1.29 is 14.4 Å². The summed E-state index contributed by atoms with van der Waals surface area (Å²) in [5.41, 5.74) is 0.682. The van der Waals surface area contributed by atoms with Gasteiger partial charge in [-0.3, -0.25) is 19.4 Å². The number of aryl methyl sites for hydroxylation is 1. The van der Waals surface area contributed by atoms with Crippen molar-refractivity contribution in [3.8, 4) is 10.7 Å². The van der Waals surface area contributed by atoms with Gasteiger partial charge in [-0.05, 0) is 31.2 Å². The molecule has 0 aliphatic heterocycles. The van der Waals surface area contributed by atoms with Gasteiger partial charge in [0.05, 0.1) is 4.88 Å². The summed E-state index contributed by atoms with van der Waals surface area (Å²) >= 11 is 2.64. The van der Waals surface area contributed by atoms with Gasteiger partial charge in [0.25, 0.3) is 0 Å².